The van der Waals surface area contributed by atoms with Gasteiger partial charge in [-0.15, -0.1) is 0 Å². The van der Waals surface area contributed by atoms with Gasteiger partial charge in [0.2, 0.25) is 5.76 Å². The van der Waals surface area contributed by atoms with Gasteiger partial charge in [-0.25, -0.2) is 9.78 Å². The summed E-state index contributed by atoms with van der Waals surface area (Å²) in [5, 5.41) is 11.8. The van der Waals surface area contributed by atoms with E-state index in [1.165, 1.54) is 6.39 Å². The normalized spacial score (nSPS) is 17.9. The molecule has 2 N–H and O–H groups in total. The number of carboxylic acid groups (broad SMARTS) is 1. The van der Waals surface area contributed by atoms with Gasteiger partial charge in [-0.3, -0.25) is 4.79 Å². The lowest BCUT2D eigenvalue weighted by Crippen LogP contribution is -2.46. The summed E-state index contributed by atoms with van der Waals surface area (Å²) in [5.41, 5.74) is 0.463. The molecule has 1 fully saturated rings. The molecule has 0 bridgehead atoms. The maximum Gasteiger partial charge on any atom is 0.326 e. The molecule has 0 radical (unpaired) electrons. The maximum absolute atomic E-state index is 12.0. The number of carboxylic acids is 1. The fourth-order valence-electron chi connectivity index (χ4n) is 2.58. The molecule has 1 atom stereocenters. The van der Waals surface area contributed by atoms with E-state index in [2.05, 4.69) is 10.3 Å². The number of aromatic nitrogens is 1. The summed E-state index contributed by atoms with van der Waals surface area (Å²) in [6.07, 6.45) is 6.04. The van der Waals surface area contributed by atoms with Crippen molar-refractivity contribution >= 4 is 11.9 Å². The molecule has 1 amide bonds. The van der Waals surface area contributed by atoms with Gasteiger partial charge < -0.3 is 14.8 Å². The fourth-order valence-corrected chi connectivity index (χ4v) is 2.58. The van der Waals surface area contributed by atoms with Crippen LogP contribution in [0.15, 0.2) is 10.8 Å². The van der Waals surface area contributed by atoms with Crippen molar-refractivity contribution in [3.63, 3.8) is 0 Å². The summed E-state index contributed by atoms with van der Waals surface area (Å²) in [7, 11) is 0. The number of hydrogen-bond acceptors (Lipinski definition) is 4. The van der Waals surface area contributed by atoms with Crippen molar-refractivity contribution in [2.75, 3.05) is 0 Å². The molecular formula is C13H18N2O4. The first-order chi connectivity index (χ1) is 9.09. The van der Waals surface area contributed by atoms with E-state index in [0.717, 1.165) is 32.1 Å². The van der Waals surface area contributed by atoms with Gasteiger partial charge in [0.1, 0.15) is 6.04 Å². The van der Waals surface area contributed by atoms with Crippen molar-refractivity contribution < 1.29 is 19.1 Å². The van der Waals surface area contributed by atoms with Crippen molar-refractivity contribution in [2.45, 2.75) is 45.1 Å². The van der Waals surface area contributed by atoms with Crippen molar-refractivity contribution in [3.8, 4) is 0 Å². The average Bonchev–Trinajstić information content (AvgIpc) is 2.82. The van der Waals surface area contributed by atoms with Gasteiger partial charge in [0.15, 0.2) is 6.39 Å². The zero-order chi connectivity index (χ0) is 13.8. The molecule has 2 rings (SSSR count). The first-order valence-electron chi connectivity index (χ1n) is 6.53. The molecule has 0 saturated heterocycles. The van der Waals surface area contributed by atoms with Gasteiger partial charge in [-0.05, 0) is 25.7 Å². The second-order valence-corrected chi connectivity index (χ2v) is 4.95. The molecular weight excluding hydrogens is 248 g/mol. The molecule has 1 aromatic heterocycles. The third-order valence-corrected chi connectivity index (χ3v) is 3.63. The van der Waals surface area contributed by atoms with Gasteiger partial charge in [0, 0.05) is 0 Å². The second-order valence-electron chi connectivity index (χ2n) is 4.95. The lowest BCUT2D eigenvalue weighted by atomic mass is 9.84. The first kappa shape index (κ1) is 13.6. The summed E-state index contributed by atoms with van der Waals surface area (Å²) in [4.78, 5) is 27.1. The summed E-state index contributed by atoms with van der Waals surface area (Å²) in [5.74, 6) is -1.41. The third kappa shape index (κ3) is 3.13. The fraction of sp³-hybridized carbons (Fsp3) is 0.615. The lowest BCUT2D eigenvalue weighted by molar-refractivity contribution is -0.141. The highest BCUT2D eigenvalue weighted by atomic mass is 16.4. The number of carbonyl (C=O) groups excluding carboxylic acids is 1. The van der Waals surface area contributed by atoms with Crippen LogP contribution in [0.3, 0.4) is 0 Å². The minimum Gasteiger partial charge on any atom is -0.480 e. The lowest BCUT2D eigenvalue weighted by Gasteiger charge is -2.27. The van der Waals surface area contributed by atoms with Crippen molar-refractivity contribution in [3.05, 3.63) is 17.8 Å². The highest BCUT2D eigenvalue weighted by Gasteiger charge is 2.31. The molecule has 104 valence electrons. The number of hydrogen-bond donors (Lipinski definition) is 2. The Hall–Kier alpha value is -1.85. The Kier molecular flexibility index (Phi) is 4.19. The number of aryl methyl sites for hydroxylation is 1. The Balaban J connectivity index is 2.06. The van der Waals surface area contributed by atoms with Crippen LogP contribution in [0.4, 0.5) is 0 Å². The van der Waals surface area contributed by atoms with Crippen LogP contribution >= 0.6 is 0 Å². The number of carbonyl (C=O) groups is 2. The molecule has 1 saturated carbocycles. The summed E-state index contributed by atoms with van der Waals surface area (Å²) in [6.45, 7) is 1.65. The van der Waals surface area contributed by atoms with E-state index >= 15 is 0 Å². The number of oxazole rings is 1. The molecule has 1 aliphatic carbocycles. The Morgan fingerprint density at radius 3 is 2.63 bits per heavy atom. The van der Waals surface area contributed by atoms with Gasteiger partial charge in [-0.1, -0.05) is 19.3 Å². The summed E-state index contributed by atoms with van der Waals surface area (Å²) in [6, 6.07) is -0.850. The van der Waals surface area contributed by atoms with E-state index in [-0.39, 0.29) is 11.7 Å². The van der Waals surface area contributed by atoms with Gasteiger partial charge in [0.25, 0.3) is 5.91 Å². The number of aliphatic carboxylic acids is 1. The molecule has 1 aliphatic rings. The van der Waals surface area contributed by atoms with Crippen LogP contribution in [0.5, 0.6) is 0 Å². The minimum atomic E-state index is -0.989. The van der Waals surface area contributed by atoms with Crippen molar-refractivity contribution in [1.29, 1.82) is 0 Å². The molecule has 1 unspecified atom stereocenters. The zero-order valence-electron chi connectivity index (χ0n) is 10.9. The smallest absolute Gasteiger partial charge is 0.326 e. The number of nitrogens with one attached hydrogen (secondary N) is 1. The molecule has 6 heteroatoms. The molecule has 1 heterocycles. The number of amides is 1. The Morgan fingerprint density at radius 1 is 1.42 bits per heavy atom. The highest BCUT2D eigenvalue weighted by molar-refractivity contribution is 5.95. The number of rotatable bonds is 4. The summed E-state index contributed by atoms with van der Waals surface area (Å²) < 4.78 is 4.98. The van der Waals surface area contributed by atoms with Crippen LogP contribution in [0.2, 0.25) is 0 Å². The van der Waals surface area contributed by atoms with E-state index in [1.807, 2.05) is 0 Å². The van der Waals surface area contributed by atoms with Crippen LogP contribution < -0.4 is 5.32 Å². The molecule has 0 aromatic carbocycles. The SMILES string of the molecule is Cc1ncoc1C(=O)NC(C(=O)O)C1CCCCC1. The molecule has 6 nitrogen and oxygen atoms in total. The van der Waals surface area contributed by atoms with Crippen LogP contribution in [-0.4, -0.2) is 28.0 Å². The Morgan fingerprint density at radius 2 is 2.11 bits per heavy atom. The van der Waals surface area contributed by atoms with E-state index in [1.54, 1.807) is 6.92 Å². The molecule has 1 aromatic rings. The third-order valence-electron chi connectivity index (χ3n) is 3.63. The van der Waals surface area contributed by atoms with Crippen LogP contribution in [-0.2, 0) is 4.79 Å². The topological polar surface area (TPSA) is 92.4 Å². The average molecular weight is 266 g/mol. The Labute approximate surface area is 111 Å². The van der Waals surface area contributed by atoms with E-state index in [0.29, 0.717) is 5.69 Å². The van der Waals surface area contributed by atoms with Crippen LogP contribution in [0.25, 0.3) is 0 Å². The Bertz CT molecular complexity index is 463. The number of nitrogens with zero attached hydrogens (tertiary/aromatic N) is 1. The quantitative estimate of drug-likeness (QED) is 0.866. The van der Waals surface area contributed by atoms with Crippen molar-refractivity contribution in [1.82, 2.24) is 10.3 Å². The maximum atomic E-state index is 12.0. The highest BCUT2D eigenvalue weighted by Crippen LogP contribution is 2.26. The zero-order valence-corrected chi connectivity index (χ0v) is 10.9. The van der Waals surface area contributed by atoms with Crippen LogP contribution in [0, 0.1) is 12.8 Å². The predicted octanol–water partition coefficient (Wildman–Crippen LogP) is 1.75. The van der Waals surface area contributed by atoms with Crippen molar-refractivity contribution in [2.24, 2.45) is 5.92 Å². The molecule has 0 aliphatic heterocycles. The standard InChI is InChI=1S/C13H18N2O4/c1-8-11(19-7-14-8)12(16)15-10(13(17)18)9-5-3-2-4-6-9/h7,9-10H,2-6H2,1H3,(H,15,16)(H,17,18). The second kappa shape index (κ2) is 5.86. The van der Waals surface area contributed by atoms with Crippen LogP contribution in [0.1, 0.15) is 48.4 Å². The predicted molar refractivity (Wildman–Crippen MR) is 66.7 cm³/mol. The molecule has 19 heavy (non-hydrogen) atoms. The van der Waals surface area contributed by atoms with E-state index < -0.39 is 17.9 Å². The van der Waals surface area contributed by atoms with Gasteiger partial charge in [-0.2, -0.15) is 0 Å². The van der Waals surface area contributed by atoms with E-state index in [9.17, 15) is 14.7 Å². The molecule has 0 spiro atoms. The van der Waals surface area contributed by atoms with Gasteiger partial charge >= 0.3 is 5.97 Å². The van der Waals surface area contributed by atoms with Gasteiger partial charge in [0.05, 0.1) is 5.69 Å². The largest absolute Gasteiger partial charge is 0.480 e. The summed E-state index contributed by atoms with van der Waals surface area (Å²) >= 11 is 0. The first-order valence-corrected chi connectivity index (χ1v) is 6.53. The van der Waals surface area contributed by atoms with E-state index in [4.69, 9.17) is 4.42 Å². The minimum absolute atomic E-state index is 0.00146. The monoisotopic (exact) mass is 266 g/mol.